The van der Waals surface area contributed by atoms with Crippen LogP contribution in [0, 0.1) is 0 Å². The number of nitrogens with zero attached hydrogens (tertiary/aromatic N) is 1. The number of halogens is 1. The number of amides is 1. The van der Waals surface area contributed by atoms with E-state index in [-0.39, 0.29) is 5.91 Å². The Balaban J connectivity index is 1.65. The molecule has 3 rings (SSSR count). The summed E-state index contributed by atoms with van der Waals surface area (Å²) in [6.07, 6.45) is 3.84. The maximum absolute atomic E-state index is 12.1. The zero-order chi connectivity index (χ0) is 15.4. The van der Waals surface area contributed by atoms with Crippen molar-refractivity contribution < 1.29 is 4.79 Å². The average Bonchev–Trinajstić information content (AvgIpc) is 2.57. The van der Waals surface area contributed by atoms with Gasteiger partial charge in [0, 0.05) is 35.1 Å². The van der Waals surface area contributed by atoms with E-state index in [1.54, 1.807) is 24.3 Å². The van der Waals surface area contributed by atoms with E-state index in [0.717, 1.165) is 18.8 Å². The van der Waals surface area contributed by atoms with Crippen LogP contribution in [-0.4, -0.2) is 19.0 Å². The fourth-order valence-corrected chi connectivity index (χ4v) is 2.84. The summed E-state index contributed by atoms with van der Waals surface area (Å²) in [5, 5.41) is 3.53. The van der Waals surface area contributed by atoms with Crippen LogP contribution >= 0.6 is 11.6 Å². The van der Waals surface area contributed by atoms with Gasteiger partial charge in [0.1, 0.15) is 0 Å². The number of carbonyl (C=O) groups is 1. The zero-order valence-corrected chi connectivity index (χ0v) is 13.1. The van der Waals surface area contributed by atoms with E-state index in [1.807, 2.05) is 12.1 Å². The highest BCUT2D eigenvalue weighted by molar-refractivity contribution is 6.30. The van der Waals surface area contributed by atoms with Crippen molar-refractivity contribution in [2.45, 2.75) is 19.3 Å². The minimum atomic E-state index is -0.123. The molecule has 1 amide bonds. The van der Waals surface area contributed by atoms with Gasteiger partial charge in [-0.1, -0.05) is 11.6 Å². The number of nitrogens with one attached hydrogen (secondary N) is 1. The van der Waals surface area contributed by atoms with Crippen LogP contribution in [0.3, 0.4) is 0 Å². The van der Waals surface area contributed by atoms with E-state index >= 15 is 0 Å². The monoisotopic (exact) mass is 314 g/mol. The van der Waals surface area contributed by atoms with E-state index < -0.39 is 0 Å². The lowest BCUT2D eigenvalue weighted by Gasteiger charge is -2.28. The van der Waals surface area contributed by atoms with Gasteiger partial charge in [0.2, 0.25) is 0 Å². The molecular formula is C18H19ClN2O. The molecule has 0 radical (unpaired) electrons. The maximum atomic E-state index is 12.1. The summed E-state index contributed by atoms with van der Waals surface area (Å²) in [5.41, 5.74) is 2.63. The molecule has 1 aliphatic rings. The molecule has 0 unspecified atom stereocenters. The highest BCUT2D eigenvalue weighted by atomic mass is 35.5. The van der Waals surface area contributed by atoms with Crippen molar-refractivity contribution in [1.82, 2.24) is 0 Å². The van der Waals surface area contributed by atoms with Crippen molar-refractivity contribution >= 4 is 28.9 Å². The van der Waals surface area contributed by atoms with E-state index in [1.165, 1.54) is 24.9 Å². The molecule has 1 N–H and O–H groups in total. The Morgan fingerprint density at radius 2 is 1.55 bits per heavy atom. The number of anilines is 2. The Bertz CT molecular complexity index is 631. The predicted molar refractivity (Wildman–Crippen MR) is 91.9 cm³/mol. The van der Waals surface area contributed by atoms with Gasteiger partial charge in [-0.2, -0.15) is 0 Å². The van der Waals surface area contributed by atoms with Crippen molar-refractivity contribution in [2.24, 2.45) is 0 Å². The average molecular weight is 315 g/mol. The second-order valence-electron chi connectivity index (χ2n) is 5.56. The number of rotatable bonds is 3. The van der Waals surface area contributed by atoms with Gasteiger partial charge in [0.05, 0.1) is 0 Å². The van der Waals surface area contributed by atoms with E-state index in [4.69, 9.17) is 11.6 Å². The Morgan fingerprint density at radius 3 is 2.18 bits per heavy atom. The van der Waals surface area contributed by atoms with Crippen molar-refractivity contribution in [2.75, 3.05) is 23.3 Å². The molecule has 2 aromatic rings. The van der Waals surface area contributed by atoms with Crippen molar-refractivity contribution in [3.63, 3.8) is 0 Å². The molecule has 4 heteroatoms. The van der Waals surface area contributed by atoms with Gasteiger partial charge in [-0.15, -0.1) is 0 Å². The van der Waals surface area contributed by atoms with Crippen molar-refractivity contribution in [3.05, 3.63) is 59.1 Å². The minimum Gasteiger partial charge on any atom is -0.372 e. The molecule has 0 aliphatic carbocycles. The highest BCUT2D eigenvalue weighted by Gasteiger charge is 2.11. The molecule has 0 saturated carbocycles. The van der Waals surface area contributed by atoms with Crippen LogP contribution in [-0.2, 0) is 0 Å². The fourth-order valence-electron chi connectivity index (χ4n) is 2.71. The Hall–Kier alpha value is -2.00. The van der Waals surface area contributed by atoms with Gasteiger partial charge in [-0.25, -0.2) is 0 Å². The second kappa shape index (κ2) is 6.84. The van der Waals surface area contributed by atoms with Gasteiger partial charge < -0.3 is 10.2 Å². The lowest BCUT2D eigenvalue weighted by Crippen LogP contribution is -2.29. The standard InChI is InChI=1S/C18H19ClN2O/c19-15-6-4-14(5-7-15)18(22)20-16-8-10-17(11-9-16)21-12-2-1-3-13-21/h4-11H,1-3,12-13H2,(H,20,22). The van der Waals surface area contributed by atoms with Crippen LogP contribution in [0.25, 0.3) is 0 Å². The molecule has 1 heterocycles. The lowest BCUT2D eigenvalue weighted by molar-refractivity contribution is 0.102. The number of carbonyl (C=O) groups excluding carboxylic acids is 1. The smallest absolute Gasteiger partial charge is 0.255 e. The number of piperidine rings is 1. The first-order valence-electron chi connectivity index (χ1n) is 7.64. The van der Waals surface area contributed by atoms with Crippen LogP contribution in [0.5, 0.6) is 0 Å². The second-order valence-corrected chi connectivity index (χ2v) is 5.99. The zero-order valence-electron chi connectivity index (χ0n) is 12.4. The third-order valence-corrected chi connectivity index (χ3v) is 4.20. The fraction of sp³-hybridized carbons (Fsp3) is 0.278. The summed E-state index contributed by atoms with van der Waals surface area (Å²) in [4.78, 5) is 14.5. The number of hydrogen-bond acceptors (Lipinski definition) is 2. The predicted octanol–water partition coefficient (Wildman–Crippen LogP) is 4.58. The Morgan fingerprint density at radius 1 is 0.909 bits per heavy atom. The molecule has 0 spiro atoms. The minimum absolute atomic E-state index is 0.123. The van der Waals surface area contributed by atoms with Gasteiger partial charge in [-0.3, -0.25) is 4.79 Å². The quantitative estimate of drug-likeness (QED) is 0.899. The van der Waals surface area contributed by atoms with E-state index in [0.29, 0.717) is 10.6 Å². The van der Waals surface area contributed by atoms with Gasteiger partial charge in [-0.05, 0) is 67.8 Å². The molecule has 2 aromatic carbocycles. The highest BCUT2D eigenvalue weighted by Crippen LogP contribution is 2.22. The molecule has 1 saturated heterocycles. The first-order valence-corrected chi connectivity index (χ1v) is 8.02. The van der Waals surface area contributed by atoms with Crippen molar-refractivity contribution in [3.8, 4) is 0 Å². The molecule has 22 heavy (non-hydrogen) atoms. The van der Waals surface area contributed by atoms with Crippen LogP contribution in [0.2, 0.25) is 5.02 Å². The van der Waals surface area contributed by atoms with Gasteiger partial charge in [0.25, 0.3) is 5.91 Å². The van der Waals surface area contributed by atoms with Crippen LogP contribution in [0.15, 0.2) is 48.5 Å². The normalized spacial score (nSPS) is 14.7. The first kappa shape index (κ1) is 14.9. The first-order chi connectivity index (χ1) is 10.7. The molecule has 0 atom stereocenters. The Labute approximate surface area is 135 Å². The maximum Gasteiger partial charge on any atom is 0.255 e. The summed E-state index contributed by atoms with van der Waals surface area (Å²) in [6, 6.07) is 14.9. The van der Waals surface area contributed by atoms with E-state index in [2.05, 4.69) is 22.3 Å². The lowest BCUT2D eigenvalue weighted by atomic mass is 10.1. The van der Waals surface area contributed by atoms with E-state index in [9.17, 15) is 4.79 Å². The third-order valence-electron chi connectivity index (χ3n) is 3.95. The van der Waals surface area contributed by atoms with Gasteiger partial charge >= 0.3 is 0 Å². The van der Waals surface area contributed by atoms with Crippen LogP contribution < -0.4 is 10.2 Å². The largest absolute Gasteiger partial charge is 0.372 e. The molecule has 114 valence electrons. The van der Waals surface area contributed by atoms with Gasteiger partial charge in [0.15, 0.2) is 0 Å². The summed E-state index contributed by atoms with van der Waals surface area (Å²) in [6.45, 7) is 2.24. The molecular weight excluding hydrogens is 296 g/mol. The van der Waals surface area contributed by atoms with Crippen LogP contribution in [0.1, 0.15) is 29.6 Å². The topological polar surface area (TPSA) is 32.3 Å². The molecule has 0 aromatic heterocycles. The summed E-state index contributed by atoms with van der Waals surface area (Å²) < 4.78 is 0. The summed E-state index contributed by atoms with van der Waals surface area (Å²) in [5.74, 6) is -0.123. The molecule has 1 fully saturated rings. The third kappa shape index (κ3) is 3.60. The molecule has 1 aliphatic heterocycles. The summed E-state index contributed by atoms with van der Waals surface area (Å²) in [7, 11) is 0. The van der Waals surface area contributed by atoms with Crippen LogP contribution in [0.4, 0.5) is 11.4 Å². The molecule has 3 nitrogen and oxygen atoms in total. The summed E-state index contributed by atoms with van der Waals surface area (Å²) >= 11 is 5.83. The van der Waals surface area contributed by atoms with Crippen molar-refractivity contribution in [1.29, 1.82) is 0 Å². The SMILES string of the molecule is O=C(Nc1ccc(N2CCCCC2)cc1)c1ccc(Cl)cc1. The number of benzene rings is 2. The number of hydrogen-bond donors (Lipinski definition) is 1. The molecule has 0 bridgehead atoms. The Kier molecular flexibility index (Phi) is 4.64.